The van der Waals surface area contributed by atoms with Gasteiger partial charge in [-0.1, -0.05) is 18.2 Å². The number of aromatic nitrogens is 3. The molecule has 0 unspecified atom stereocenters. The second-order valence-electron chi connectivity index (χ2n) is 6.05. The molecule has 1 N–H and O–H groups in total. The third kappa shape index (κ3) is 3.47. The minimum atomic E-state index is -0.787. The molecule has 3 rings (SSSR count). The molecular formula is C19H21N3O3. The topological polar surface area (TPSA) is 77.2 Å². The SMILES string of the molecule is Cc1nc(Oc2ccccc2)c2nc(C)n(CCCC(=O)O)c2c1C. The van der Waals surface area contributed by atoms with Gasteiger partial charge in [-0.05, 0) is 44.9 Å². The lowest BCUT2D eigenvalue weighted by Crippen LogP contribution is -2.05. The van der Waals surface area contributed by atoms with Crippen LogP contribution in [0.2, 0.25) is 0 Å². The van der Waals surface area contributed by atoms with Crippen molar-refractivity contribution in [3.63, 3.8) is 0 Å². The lowest BCUT2D eigenvalue weighted by Gasteiger charge is -2.11. The predicted molar refractivity (Wildman–Crippen MR) is 95.1 cm³/mol. The van der Waals surface area contributed by atoms with Gasteiger partial charge in [0.05, 0.1) is 5.52 Å². The number of imidazole rings is 1. The van der Waals surface area contributed by atoms with Gasteiger partial charge in [0, 0.05) is 18.7 Å². The number of aryl methyl sites for hydroxylation is 4. The summed E-state index contributed by atoms with van der Waals surface area (Å²) in [5.41, 5.74) is 3.57. The Bertz CT molecular complexity index is 917. The predicted octanol–water partition coefficient (Wildman–Crippen LogP) is 4.01. The first-order valence-electron chi connectivity index (χ1n) is 8.26. The van der Waals surface area contributed by atoms with E-state index in [2.05, 4.69) is 14.5 Å². The van der Waals surface area contributed by atoms with Gasteiger partial charge < -0.3 is 14.4 Å². The van der Waals surface area contributed by atoms with Gasteiger partial charge in [-0.25, -0.2) is 9.97 Å². The third-order valence-electron chi connectivity index (χ3n) is 4.26. The second-order valence-corrected chi connectivity index (χ2v) is 6.05. The molecule has 0 atom stereocenters. The number of fused-ring (bicyclic) bond motifs is 1. The zero-order valence-corrected chi connectivity index (χ0v) is 14.6. The number of pyridine rings is 1. The van der Waals surface area contributed by atoms with Gasteiger partial charge in [-0.3, -0.25) is 4.79 Å². The molecule has 130 valence electrons. The Hall–Kier alpha value is -2.89. The molecule has 0 saturated heterocycles. The first-order chi connectivity index (χ1) is 12.0. The van der Waals surface area contributed by atoms with Crippen molar-refractivity contribution in [1.29, 1.82) is 0 Å². The summed E-state index contributed by atoms with van der Waals surface area (Å²) in [7, 11) is 0. The molecule has 6 heteroatoms. The number of carbonyl (C=O) groups is 1. The molecule has 0 aliphatic carbocycles. The summed E-state index contributed by atoms with van der Waals surface area (Å²) < 4.78 is 8.01. The van der Waals surface area contributed by atoms with Crippen LogP contribution < -0.4 is 4.74 Å². The fourth-order valence-corrected chi connectivity index (χ4v) is 2.89. The minimum Gasteiger partial charge on any atom is -0.481 e. The van der Waals surface area contributed by atoms with Crippen molar-refractivity contribution < 1.29 is 14.6 Å². The Morgan fingerprint density at radius 1 is 1.16 bits per heavy atom. The summed E-state index contributed by atoms with van der Waals surface area (Å²) >= 11 is 0. The zero-order valence-electron chi connectivity index (χ0n) is 14.6. The molecule has 0 radical (unpaired) electrons. The van der Waals surface area contributed by atoms with E-state index in [0.717, 1.165) is 22.6 Å². The van der Waals surface area contributed by atoms with Crippen LogP contribution in [-0.2, 0) is 11.3 Å². The number of hydrogen-bond donors (Lipinski definition) is 1. The highest BCUT2D eigenvalue weighted by Gasteiger charge is 2.18. The molecule has 1 aromatic carbocycles. The van der Waals surface area contributed by atoms with Gasteiger partial charge in [0.25, 0.3) is 0 Å². The standard InChI is InChI=1S/C19H21N3O3/c1-12-13(2)20-19(25-15-8-5-4-6-9-15)17-18(12)22(14(3)21-17)11-7-10-16(23)24/h4-6,8-9H,7,10-11H2,1-3H3,(H,23,24). The van der Waals surface area contributed by atoms with E-state index in [1.807, 2.05) is 51.1 Å². The first kappa shape index (κ1) is 17.0. The van der Waals surface area contributed by atoms with Crippen molar-refractivity contribution >= 4 is 17.0 Å². The lowest BCUT2D eigenvalue weighted by molar-refractivity contribution is -0.137. The molecular weight excluding hydrogens is 318 g/mol. The molecule has 2 heterocycles. The van der Waals surface area contributed by atoms with Crippen LogP contribution in [0.3, 0.4) is 0 Å². The van der Waals surface area contributed by atoms with Crippen molar-refractivity contribution in [3.05, 3.63) is 47.4 Å². The summed E-state index contributed by atoms with van der Waals surface area (Å²) in [5, 5.41) is 8.88. The van der Waals surface area contributed by atoms with Crippen LogP contribution in [0.25, 0.3) is 11.0 Å². The number of carboxylic acid groups (broad SMARTS) is 1. The highest BCUT2D eigenvalue weighted by Crippen LogP contribution is 2.31. The summed E-state index contributed by atoms with van der Waals surface area (Å²) in [6.07, 6.45) is 0.687. The van der Waals surface area contributed by atoms with E-state index in [0.29, 0.717) is 30.1 Å². The van der Waals surface area contributed by atoms with E-state index < -0.39 is 5.97 Å². The van der Waals surface area contributed by atoms with Crippen molar-refractivity contribution in [2.24, 2.45) is 0 Å². The molecule has 6 nitrogen and oxygen atoms in total. The van der Waals surface area contributed by atoms with Gasteiger partial charge in [-0.15, -0.1) is 0 Å². The number of hydrogen-bond acceptors (Lipinski definition) is 4. The Labute approximate surface area is 146 Å². The third-order valence-corrected chi connectivity index (χ3v) is 4.26. The average molecular weight is 339 g/mol. The maximum atomic E-state index is 10.8. The smallest absolute Gasteiger partial charge is 0.303 e. The van der Waals surface area contributed by atoms with Crippen molar-refractivity contribution in [1.82, 2.24) is 14.5 Å². The monoisotopic (exact) mass is 339 g/mol. The summed E-state index contributed by atoms with van der Waals surface area (Å²) in [6, 6.07) is 9.49. The molecule has 0 spiro atoms. The Balaban J connectivity index is 2.05. The van der Waals surface area contributed by atoms with Gasteiger partial charge in [0.2, 0.25) is 5.88 Å². The Kier molecular flexibility index (Phi) is 4.70. The largest absolute Gasteiger partial charge is 0.481 e. The fourth-order valence-electron chi connectivity index (χ4n) is 2.89. The van der Waals surface area contributed by atoms with Gasteiger partial charge >= 0.3 is 5.97 Å². The molecule has 0 amide bonds. The lowest BCUT2D eigenvalue weighted by atomic mass is 10.2. The molecule has 0 aliphatic heterocycles. The van der Waals surface area contributed by atoms with Crippen LogP contribution in [0, 0.1) is 20.8 Å². The van der Waals surface area contributed by atoms with E-state index in [9.17, 15) is 4.79 Å². The molecule has 0 saturated carbocycles. The highest BCUT2D eigenvalue weighted by molar-refractivity contribution is 5.85. The molecule has 25 heavy (non-hydrogen) atoms. The molecule has 2 aromatic heterocycles. The maximum absolute atomic E-state index is 10.8. The van der Waals surface area contributed by atoms with E-state index >= 15 is 0 Å². The van der Waals surface area contributed by atoms with Crippen LogP contribution in [-0.4, -0.2) is 25.6 Å². The van der Waals surface area contributed by atoms with Crippen molar-refractivity contribution in [2.75, 3.05) is 0 Å². The maximum Gasteiger partial charge on any atom is 0.303 e. The van der Waals surface area contributed by atoms with E-state index in [4.69, 9.17) is 9.84 Å². The Morgan fingerprint density at radius 2 is 1.88 bits per heavy atom. The molecule has 3 aromatic rings. The number of para-hydroxylation sites is 1. The first-order valence-corrected chi connectivity index (χ1v) is 8.26. The van der Waals surface area contributed by atoms with Crippen LogP contribution in [0.4, 0.5) is 0 Å². The number of ether oxygens (including phenoxy) is 1. The van der Waals surface area contributed by atoms with E-state index in [-0.39, 0.29) is 6.42 Å². The van der Waals surface area contributed by atoms with Crippen LogP contribution in [0.15, 0.2) is 30.3 Å². The zero-order chi connectivity index (χ0) is 18.0. The molecule has 0 fully saturated rings. The van der Waals surface area contributed by atoms with Gasteiger partial charge in [0.1, 0.15) is 11.6 Å². The normalized spacial score (nSPS) is 11.0. The van der Waals surface area contributed by atoms with Crippen LogP contribution in [0.1, 0.15) is 29.9 Å². The number of aliphatic carboxylic acids is 1. The number of nitrogens with zero attached hydrogens (tertiary/aromatic N) is 3. The number of rotatable bonds is 6. The summed E-state index contributed by atoms with van der Waals surface area (Å²) in [5.74, 6) is 1.22. The van der Waals surface area contributed by atoms with Gasteiger partial charge in [-0.2, -0.15) is 0 Å². The summed E-state index contributed by atoms with van der Waals surface area (Å²) in [6.45, 7) is 6.47. The molecule has 0 aliphatic rings. The highest BCUT2D eigenvalue weighted by atomic mass is 16.5. The van der Waals surface area contributed by atoms with Crippen LogP contribution >= 0.6 is 0 Å². The van der Waals surface area contributed by atoms with E-state index in [1.165, 1.54) is 0 Å². The van der Waals surface area contributed by atoms with Crippen LogP contribution in [0.5, 0.6) is 11.6 Å². The fraction of sp³-hybridized carbons (Fsp3) is 0.316. The van der Waals surface area contributed by atoms with E-state index in [1.54, 1.807) is 0 Å². The second kappa shape index (κ2) is 6.93. The Morgan fingerprint density at radius 3 is 2.56 bits per heavy atom. The molecule has 0 bridgehead atoms. The summed E-state index contributed by atoms with van der Waals surface area (Å²) in [4.78, 5) is 20.0. The van der Waals surface area contributed by atoms with Crippen molar-refractivity contribution in [3.8, 4) is 11.6 Å². The number of carboxylic acids is 1. The number of benzene rings is 1. The van der Waals surface area contributed by atoms with Crippen molar-refractivity contribution in [2.45, 2.75) is 40.2 Å². The van der Waals surface area contributed by atoms with Gasteiger partial charge in [0.15, 0.2) is 5.52 Å². The quantitative estimate of drug-likeness (QED) is 0.734. The minimum absolute atomic E-state index is 0.135. The average Bonchev–Trinajstić information content (AvgIpc) is 2.90.